The molecule has 0 bridgehead atoms. The topological polar surface area (TPSA) is 64.3 Å². The number of rotatable bonds is 5. The van der Waals surface area contributed by atoms with Gasteiger partial charge >= 0.3 is 0 Å². The minimum absolute atomic E-state index is 0.0544. The van der Waals surface area contributed by atoms with Crippen molar-refractivity contribution < 1.29 is 9.53 Å². The van der Waals surface area contributed by atoms with Crippen molar-refractivity contribution in [1.29, 1.82) is 0 Å². The third kappa shape index (κ3) is 3.12. The van der Waals surface area contributed by atoms with E-state index in [1.54, 1.807) is 18.2 Å². The minimum atomic E-state index is -0.0544. The van der Waals surface area contributed by atoms with Crippen LogP contribution in [0, 0.1) is 0 Å². The van der Waals surface area contributed by atoms with Gasteiger partial charge in [-0.1, -0.05) is 6.92 Å². The summed E-state index contributed by atoms with van der Waals surface area (Å²) in [4.78, 5) is 11.8. The number of carbonyl (C=O) groups excluding carboxylic acids is 1. The molecule has 0 saturated heterocycles. The van der Waals surface area contributed by atoms with Crippen LogP contribution in [0.1, 0.15) is 36.5 Å². The first-order chi connectivity index (χ1) is 8.20. The Bertz CT molecular complexity index is 414. The lowest BCUT2D eigenvalue weighted by Gasteiger charge is -2.09. The molecule has 92 valence electrons. The summed E-state index contributed by atoms with van der Waals surface area (Å²) in [6.07, 6.45) is 3.10. The zero-order chi connectivity index (χ0) is 12.3. The molecule has 0 atom stereocenters. The molecule has 0 aliphatic heterocycles. The lowest BCUT2D eigenvalue weighted by Crippen LogP contribution is -2.25. The van der Waals surface area contributed by atoms with Crippen LogP contribution in [0.4, 0.5) is 5.69 Å². The molecule has 3 N–H and O–H groups in total. The van der Waals surface area contributed by atoms with Crippen molar-refractivity contribution in [2.75, 3.05) is 12.3 Å². The monoisotopic (exact) mass is 234 g/mol. The molecule has 1 fully saturated rings. The fraction of sp³-hybridized carbons (Fsp3) is 0.462. The van der Waals surface area contributed by atoms with Gasteiger partial charge in [-0.2, -0.15) is 0 Å². The molecule has 2 rings (SSSR count). The molecule has 1 aromatic carbocycles. The van der Waals surface area contributed by atoms with Gasteiger partial charge in [-0.25, -0.2) is 0 Å². The molecule has 1 aromatic rings. The first kappa shape index (κ1) is 11.8. The highest BCUT2D eigenvalue weighted by Gasteiger charge is 2.23. The quantitative estimate of drug-likeness (QED) is 0.765. The molecule has 1 aliphatic carbocycles. The molecule has 0 radical (unpaired) electrons. The molecule has 4 nitrogen and oxygen atoms in total. The Balaban J connectivity index is 2.03. The van der Waals surface area contributed by atoms with Crippen LogP contribution in [-0.2, 0) is 0 Å². The molecular formula is C13H18N2O2. The Labute approximate surface area is 101 Å². The number of benzene rings is 1. The zero-order valence-electron chi connectivity index (χ0n) is 10.0. The molecule has 1 saturated carbocycles. The summed E-state index contributed by atoms with van der Waals surface area (Å²) in [7, 11) is 0. The van der Waals surface area contributed by atoms with E-state index in [0.29, 0.717) is 29.6 Å². The van der Waals surface area contributed by atoms with E-state index in [4.69, 9.17) is 10.5 Å². The van der Waals surface area contributed by atoms with Crippen LogP contribution in [-0.4, -0.2) is 18.6 Å². The Morgan fingerprint density at radius 2 is 2.29 bits per heavy atom. The Kier molecular flexibility index (Phi) is 3.52. The van der Waals surface area contributed by atoms with E-state index in [0.717, 1.165) is 19.3 Å². The van der Waals surface area contributed by atoms with Gasteiger partial charge in [0.1, 0.15) is 5.75 Å². The van der Waals surface area contributed by atoms with Gasteiger partial charge in [-0.15, -0.1) is 0 Å². The van der Waals surface area contributed by atoms with Crippen LogP contribution < -0.4 is 15.8 Å². The first-order valence-corrected chi connectivity index (χ1v) is 6.04. The minimum Gasteiger partial charge on any atom is -0.491 e. The van der Waals surface area contributed by atoms with Gasteiger partial charge in [-0.3, -0.25) is 4.79 Å². The number of hydrogen-bond acceptors (Lipinski definition) is 3. The van der Waals surface area contributed by atoms with Crippen molar-refractivity contribution in [2.24, 2.45) is 0 Å². The second-order valence-electron chi connectivity index (χ2n) is 4.35. The third-order valence-corrected chi connectivity index (χ3v) is 2.65. The summed E-state index contributed by atoms with van der Waals surface area (Å²) in [6, 6.07) is 5.54. The van der Waals surface area contributed by atoms with Gasteiger partial charge in [0.2, 0.25) is 0 Å². The van der Waals surface area contributed by atoms with E-state index >= 15 is 0 Å². The van der Waals surface area contributed by atoms with Gasteiger partial charge in [-0.05, 0) is 37.5 Å². The smallest absolute Gasteiger partial charge is 0.251 e. The first-order valence-electron chi connectivity index (χ1n) is 6.04. The lowest BCUT2D eigenvalue weighted by atomic mass is 10.1. The highest BCUT2D eigenvalue weighted by molar-refractivity contribution is 5.95. The summed E-state index contributed by atoms with van der Waals surface area (Å²) in [6.45, 7) is 2.67. The van der Waals surface area contributed by atoms with Crippen molar-refractivity contribution in [3.63, 3.8) is 0 Å². The summed E-state index contributed by atoms with van der Waals surface area (Å²) >= 11 is 0. The van der Waals surface area contributed by atoms with Crippen molar-refractivity contribution in [3.05, 3.63) is 23.8 Å². The van der Waals surface area contributed by atoms with Gasteiger partial charge in [0.25, 0.3) is 5.91 Å². The Hall–Kier alpha value is -1.71. The van der Waals surface area contributed by atoms with E-state index in [1.165, 1.54) is 0 Å². The maximum absolute atomic E-state index is 11.8. The molecule has 0 unspecified atom stereocenters. The third-order valence-electron chi connectivity index (χ3n) is 2.65. The van der Waals surface area contributed by atoms with Gasteiger partial charge in [0.15, 0.2) is 0 Å². The van der Waals surface area contributed by atoms with Crippen molar-refractivity contribution in [1.82, 2.24) is 5.32 Å². The summed E-state index contributed by atoms with van der Waals surface area (Å²) in [5, 5.41) is 2.92. The van der Waals surface area contributed by atoms with E-state index < -0.39 is 0 Å². The second-order valence-corrected chi connectivity index (χ2v) is 4.35. The number of amides is 1. The SMILES string of the molecule is CCCOc1ccc(C(=O)NC2CC2)cc1N. The van der Waals surface area contributed by atoms with E-state index in [2.05, 4.69) is 5.32 Å². The molecule has 1 aliphatic rings. The zero-order valence-corrected chi connectivity index (χ0v) is 10.0. The highest BCUT2D eigenvalue weighted by Crippen LogP contribution is 2.24. The largest absolute Gasteiger partial charge is 0.491 e. The predicted octanol–water partition coefficient (Wildman–Crippen LogP) is 1.95. The molecule has 17 heavy (non-hydrogen) atoms. The number of nitrogen functional groups attached to an aromatic ring is 1. The van der Waals surface area contributed by atoms with Crippen LogP contribution in [0.5, 0.6) is 5.75 Å². The Morgan fingerprint density at radius 3 is 2.88 bits per heavy atom. The summed E-state index contributed by atoms with van der Waals surface area (Å²) < 4.78 is 5.46. The number of anilines is 1. The van der Waals surface area contributed by atoms with Gasteiger partial charge < -0.3 is 15.8 Å². The van der Waals surface area contributed by atoms with Crippen molar-refractivity contribution in [3.8, 4) is 5.75 Å². The molecule has 4 heteroatoms. The highest BCUT2D eigenvalue weighted by atomic mass is 16.5. The molecule has 1 amide bonds. The average molecular weight is 234 g/mol. The van der Waals surface area contributed by atoms with Crippen LogP contribution in [0.2, 0.25) is 0 Å². The standard InChI is InChI=1S/C13H18N2O2/c1-2-7-17-12-6-3-9(8-11(12)14)13(16)15-10-4-5-10/h3,6,8,10H,2,4-5,7,14H2,1H3,(H,15,16). The van der Waals surface area contributed by atoms with E-state index in [-0.39, 0.29) is 5.91 Å². The van der Waals surface area contributed by atoms with Crippen molar-refractivity contribution in [2.45, 2.75) is 32.2 Å². The molecule has 0 heterocycles. The summed E-state index contributed by atoms with van der Waals surface area (Å²) in [5.41, 5.74) is 6.95. The second kappa shape index (κ2) is 5.08. The average Bonchev–Trinajstić information content (AvgIpc) is 3.11. The molecule has 0 spiro atoms. The fourth-order valence-electron chi connectivity index (χ4n) is 1.53. The van der Waals surface area contributed by atoms with Crippen molar-refractivity contribution >= 4 is 11.6 Å². The predicted molar refractivity (Wildman–Crippen MR) is 67.1 cm³/mol. The number of ether oxygens (including phenoxy) is 1. The number of nitrogens with two attached hydrogens (primary N) is 1. The van der Waals surface area contributed by atoms with E-state index in [1.807, 2.05) is 6.92 Å². The molecular weight excluding hydrogens is 216 g/mol. The van der Waals surface area contributed by atoms with Crippen LogP contribution in [0.15, 0.2) is 18.2 Å². The Morgan fingerprint density at radius 1 is 1.53 bits per heavy atom. The molecule has 0 aromatic heterocycles. The lowest BCUT2D eigenvalue weighted by molar-refractivity contribution is 0.0951. The number of hydrogen-bond donors (Lipinski definition) is 2. The normalized spacial score (nSPS) is 14.4. The maximum atomic E-state index is 11.8. The summed E-state index contributed by atoms with van der Waals surface area (Å²) in [5.74, 6) is 0.594. The van der Waals surface area contributed by atoms with Crippen LogP contribution in [0.25, 0.3) is 0 Å². The van der Waals surface area contributed by atoms with Gasteiger partial charge in [0.05, 0.1) is 12.3 Å². The number of nitrogens with one attached hydrogen (secondary N) is 1. The maximum Gasteiger partial charge on any atom is 0.251 e. The van der Waals surface area contributed by atoms with Gasteiger partial charge in [0, 0.05) is 11.6 Å². The van der Waals surface area contributed by atoms with Crippen LogP contribution >= 0.6 is 0 Å². The van der Waals surface area contributed by atoms with Crippen LogP contribution in [0.3, 0.4) is 0 Å². The van der Waals surface area contributed by atoms with E-state index in [9.17, 15) is 4.79 Å². The number of carbonyl (C=O) groups is 1. The fourth-order valence-corrected chi connectivity index (χ4v) is 1.53.